The third-order valence-electron chi connectivity index (χ3n) is 2.60. The van der Waals surface area contributed by atoms with Gasteiger partial charge in [-0.05, 0) is 31.7 Å². The lowest BCUT2D eigenvalue weighted by atomic mass is 10.1. The number of halogens is 1. The van der Waals surface area contributed by atoms with Crippen LogP contribution in [0.15, 0.2) is 22.7 Å². The molecule has 0 amide bonds. The van der Waals surface area contributed by atoms with E-state index in [1.54, 1.807) is 0 Å². The lowest BCUT2D eigenvalue weighted by molar-refractivity contribution is 0.154. The van der Waals surface area contributed by atoms with Gasteiger partial charge in [-0.3, -0.25) is 0 Å². The molecule has 0 unspecified atom stereocenters. The second-order valence-corrected chi connectivity index (χ2v) is 4.84. The van der Waals surface area contributed by atoms with Crippen molar-refractivity contribution in [2.75, 3.05) is 38.8 Å². The van der Waals surface area contributed by atoms with Crippen molar-refractivity contribution in [3.8, 4) is 0 Å². The summed E-state index contributed by atoms with van der Waals surface area (Å²) in [6.45, 7) is 5.34. The first-order valence-electron chi connectivity index (χ1n) is 5.91. The summed E-state index contributed by atoms with van der Waals surface area (Å²) in [5.74, 6) is 0. The molecular weight excluding hydrogens is 280 g/mol. The van der Waals surface area contributed by atoms with E-state index < -0.39 is 0 Å². The standard InChI is InChI=1S/C13H21BrN2O/c1-4-17-8-7-16(3)13-9-12(14)6-5-11(13)10-15-2/h5-6,9,15H,4,7-8,10H2,1-3H3. The number of likely N-dealkylation sites (N-methyl/N-ethyl adjacent to an activating group) is 1. The van der Waals surface area contributed by atoms with Gasteiger partial charge in [-0.2, -0.15) is 0 Å². The van der Waals surface area contributed by atoms with Crippen molar-refractivity contribution in [3.05, 3.63) is 28.2 Å². The summed E-state index contributed by atoms with van der Waals surface area (Å²) in [6.07, 6.45) is 0. The number of anilines is 1. The molecule has 0 aliphatic heterocycles. The smallest absolute Gasteiger partial charge is 0.0641 e. The van der Waals surface area contributed by atoms with Crippen molar-refractivity contribution < 1.29 is 4.74 Å². The molecule has 17 heavy (non-hydrogen) atoms. The maximum atomic E-state index is 5.39. The van der Waals surface area contributed by atoms with Crippen molar-refractivity contribution in [3.63, 3.8) is 0 Å². The predicted octanol–water partition coefficient (Wildman–Crippen LogP) is 2.64. The molecule has 0 atom stereocenters. The van der Waals surface area contributed by atoms with Crippen molar-refractivity contribution in [2.45, 2.75) is 13.5 Å². The van der Waals surface area contributed by atoms with E-state index in [9.17, 15) is 0 Å². The quantitative estimate of drug-likeness (QED) is 0.784. The zero-order chi connectivity index (χ0) is 12.7. The van der Waals surface area contributed by atoms with E-state index in [2.05, 4.69) is 51.4 Å². The van der Waals surface area contributed by atoms with E-state index in [1.807, 2.05) is 14.0 Å². The summed E-state index contributed by atoms with van der Waals surface area (Å²) >= 11 is 3.52. The largest absolute Gasteiger partial charge is 0.380 e. The van der Waals surface area contributed by atoms with Gasteiger partial charge in [-0.1, -0.05) is 22.0 Å². The number of nitrogens with zero attached hydrogens (tertiary/aromatic N) is 1. The molecular formula is C13H21BrN2O. The number of hydrogen-bond donors (Lipinski definition) is 1. The van der Waals surface area contributed by atoms with Crippen LogP contribution in [-0.2, 0) is 11.3 Å². The summed E-state index contributed by atoms with van der Waals surface area (Å²) in [7, 11) is 4.06. The first-order chi connectivity index (χ1) is 8.19. The summed E-state index contributed by atoms with van der Waals surface area (Å²) in [4.78, 5) is 2.23. The van der Waals surface area contributed by atoms with Crippen LogP contribution in [0, 0.1) is 0 Å². The van der Waals surface area contributed by atoms with Crippen LogP contribution in [0.3, 0.4) is 0 Å². The van der Waals surface area contributed by atoms with Gasteiger partial charge < -0.3 is 15.0 Å². The Balaban J connectivity index is 2.74. The highest BCUT2D eigenvalue weighted by atomic mass is 79.9. The van der Waals surface area contributed by atoms with E-state index in [0.717, 1.165) is 30.8 Å². The van der Waals surface area contributed by atoms with Crippen molar-refractivity contribution in [1.82, 2.24) is 5.32 Å². The fourth-order valence-electron chi connectivity index (χ4n) is 1.70. The number of ether oxygens (including phenoxy) is 1. The van der Waals surface area contributed by atoms with Crippen LogP contribution in [-0.4, -0.2) is 33.9 Å². The maximum Gasteiger partial charge on any atom is 0.0641 e. The molecule has 0 saturated heterocycles. The highest BCUT2D eigenvalue weighted by molar-refractivity contribution is 9.10. The van der Waals surface area contributed by atoms with Gasteiger partial charge in [0, 0.05) is 36.9 Å². The molecule has 0 aliphatic rings. The summed E-state index contributed by atoms with van der Waals surface area (Å²) in [5, 5.41) is 3.19. The van der Waals surface area contributed by atoms with Crippen LogP contribution >= 0.6 is 15.9 Å². The first kappa shape index (κ1) is 14.5. The topological polar surface area (TPSA) is 24.5 Å². The number of benzene rings is 1. The van der Waals surface area contributed by atoms with E-state index in [1.165, 1.54) is 11.3 Å². The van der Waals surface area contributed by atoms with Gasteiger partial charge in [0.25, 0.3) is 0 Å². The summed E-state index contributed by atoms with van der Waals surface area (Å²) in [6, 6.07) is 6.37. The molecule has 0 radical (unpaired) electrons. The van der Waals surface area contributed by atoms with Gasteiger partial charge in [0.15, 0.2) is 0 Å². The fraction of sp³-hybridized carbons (Fsp3) is 0.538. The van der Waals surface area contributed by atoms with Crippen LogP contribution in [0.25, 0.3) is 0 Å². The van der Waals surface area contributed by atoms with E-state index >= 15 is 0 Å². The molecule has 0 fully saturated rings. The minimum absolute atomic E-state index is 0.762. The third-order valence-corrected chi connectivity index (χ3v) is 3.09. The van der Waals surface area contributed by atoms with Crippen LogP contribution in [0.1, 0.15) is 12.5 Å². The Hall–Kier alpha value is -0.580. The third kappa shape index (κ3) is 4.66. The molecule has 0 aliphatic carbocycles. The minimum Gasteiger partial charge on any atom is -0.380 e. The Kier molecular flexibility index (Phi) is 6.55. The van der Waals surface area contributed by atoms with E-state index in [4.69, 9.17) is 4.74 Å². The normalized spacial score (nSPS) is 10.6. The molecule has 0 heterocycles. The Bertz CT molecular complexity index is 344. The highest BCUT2D eigenvalue weighted by Gasteiger charge is 2.07. The lowest BCUT2D eigenvalue weighted by Crippen LogP contribution is -2.24. The van der Waals surface area contributed by atoms with E-state index in [-0.39, 0.29) is 0 Å². The summed E-state index contributed by atoms with van der Waals surface area (Å²) in [5.41, 5.74) is 2.54. The lowest BCUT2D eigenvalue weighted by Gasteiger charge is -2.22. The Morgan fingerprint density at radius 3 is 2.82 bits per heavy atom. The molecule has 1 rings (SSSR count). The molecule has 0 aromatic heterocycles. The van der Waals surface area contributed by atoms with Crippen molar-refractivity contribution >= 4 is 21.6 Å². The zero-order valence-electron chi connectivity index (χ0n) is 10.8. The molecule has 0 bridgehead atoms. The van der Waals surface area contributed by atoms with Gasteiger partial charge in [0.1, 0.15) is 0 Å². The van der Waals surface area contributed by atoms with Gasteiger partial charge in [-0.25, -0.2) is 0 Å². The van der Waals surface area contributed by atoms with Crippen LogP contribution in [0.2, 0.25) is 0 Å². The molecule has 0 saturated carbocycles. The van der Waals surface area contributed by atoms with Crippen LogP contribution in [0.4, 0.5) is 5.69 Å². The average Bonchev–Trinajstić information content (AvgIpc) is 2.32. The fourth-order valence-corrected chi connectivity index (χ4v) is 2.05. The van der Waals surface area contributed by atoms with Crippen LogP contribution < -0.4 is 10.2 Å². The molecule has 0 spiro atoms. The molecule has 96 valence electrons. The zero-order valence-corrected chi connectivity index (χ0v) is 12.4. The Morgan fingerprint density at radius 2 is 2.18 bits per heavy atom. The van der Waals surface area contributed by atoms with Gasteiger partial charge in [-0.15, -0.1) is 0 Å². The van der Waals surface area contributed by atoms with Gasteiger partial charge in [0.05, 0.1) is 6.61 Å². The van der Waals surface area contributed by atoms with Crippen LogP contribution in [0.5, 0.6) is 0 Å². The van der Waals surface area contributed by atoms with E-state index in [0.29, 0.717) is 0 Å². The highest BCUT2D eigenvalue weighted by Crippen LogP contribution is 2.24. The number of nitrogens with one attached hydrogen (secondary N) is 1. The molecule has 1 N–H and O–H groups in total. The molecule has 1 aromatic rings. The predicted molar refractivity (Wildman–Crippen MR) is 76.7 cm³/mol. The monoisotopic (exact) mass is 300 g/mol. The number of hydrogen-bond acceptors (Lipinski definition) is 3. The second-order valence-electron chi connectivity index (χ2n) is 3.92. The SMILES string of the molecule is CCOCCN(C)c1cc(Br)ccc1CNC. The second kappa shape index (κ2) is 7.69. The minimum atomic E-state index is 0.762. The number of rotatable bonds is 7. The summed E-state index contributed by atoms with van der Waals surface area (Å²) < 4.78 is 6.49. The molecule has 3 nitrogen and oxygen atoms in total. The average molecular weight is 301 g/mol. The Morgan fingerprint density at radius 1 is 1.41 bits per heavy atom. The van der Waals surface area contributed by atoms with Gasteiger partial charge in [0.2, 0.25) is 0 Å². The van der Waals surface area contributed by atoms with Crippen molar-refractivity contribution in [2.24, 2.45) is 0 Å². The molecule has 4 heteroatoms. The Labute approximate surface area is 112 Å². The first-order valence-corrected chi connectivity index (χ1v) is 6.70. The van der Waals surface area contributed by atoms with Gasteiger partial charge >= 0.3 is 0 Å². The maximum absolute atomic E-state index is 5.39. The molecule has 1 aromatic carbocycles. The van der Waals surface area contributed by atoms with Crippen molar-refractivity contribution in [1.29, 1.82) is 0 Å².